The number of hydrogen-bond donors (Lipinski definition) is 0. The molecule has 0 bridgehead atoms. The molecule has 2 atom stereocenters. The average molecular weight is 352 g/mol. The molecule has 0 spiro atoms. The predicted octanol–water partition coefficient (Wildman–Crippen LogP) is 2.79. The molecule has 2 aliphatic rings. The molecule has 0 saturated carbocycles. The Morgan fingerprint density at radius 3 is 2.71 bits per heavy atom. The van der Waals surface area contributed by atoms with Crippen molar-refractivity contribution in [2.24, 2.45) is 0 Å². The molecule has 1 aromatic carbocycles. The van der Waals surface area contributed by atoms with Crippen molar-refractivity contribution >= 4 is 23.4 Å². The van der Waals surface area contributed by atoms with E-state index in [4.69, 9.17) is 21.1 Å². The summed E-state index contributed by atoms with van der Waals surface area (Å²) < 4.78 is 11.2. The molecule has 1 saturated heterocycles. The molecule has 0 radical (unpaired) electrons. The van der Waals surface area contributed by atoms with Gasteiger partial charge in [-0.25, -0.2) is 0 Å². The number of ether oxygens (including phenoxy) is 2. The fourth-order valence-corrected chi connectivity index (χ4v) is 3.71. The topological polar surface area (TPSA) is 55.8 Å². The molecule has 24 heavy (non-hydrogen) atoms. The number of carbonyl (C=O) groups is 2. The summed E-state index contributed by atoms with van der Waals surface area (Å²) in [6, 6.07) is 4.91. The third-order valence-electron chi connectivity index (χ3n) is 4.75. The summed E-state index contributed by atoms with van der Waals surface area (Å²) in [4.78, 5) is 27.3. The molecule has 5 nitrogen and oxygen atoms in total. The molecule has 3 rings (SSSR count). The maximum atomic E-state index is 13.2. The second-order valence-corrected chi connectivity index (χ2v) is 7.30. The van der Waals surface area contributed by atoms with E-state index in [1.807, 2.05) is 20.8 Å². The van der Waals surface area contributed by atoms with Crippen molar-refractivity contribution < 1.29 is 19.1 Å². The number of nitrogens with zero attached hydrogens (tertiary/aromatic N) is 1. The van der Waals surface area contributed by atoms with Crippen LogP contribution in [0.2, 0.25) is 5.02 Å². The molecule has 2 amide bonds. The third-order valence-corrected chi connectivity index (χ3v) is 4.99. The van der Waals surface area contributed by atoms with Crippen molar-refractivity contribution in [1.82, 2.24) is 4.90 Å². The number of carbonyl (C=O) groups excluding carboxylic acids is 2. The van der Waals surface area contributed by atoms with Crippen LogP contribution in [-0.2, 0) is 19.7 Å². The van der Waals surface area contributed by atoms with Crippen LogP contribution in [0.15, 0.2) is 18.2 Å². The minimum Gasteiger partial charge on any atom is -0.376 e. The van der Waals surface area contributed by atoms with Gasteiger partial charge in [-0.1, -0.05) is 11.6 Å². The zero-order chi connectivity index (χ0) is 17.5. The lowest BCUT2D eigenvalue weighted by Gasteiger charge is -2.43. The van der Waals surface area contributed by atoms with Crippen LogP contribution in [0.4, 0.5) is 0 Å². The Kier molecular flexibility index (Phi) is 4.69. The molecule has 1 fully saturated rings. The lowest BCUT2D eigenvalue weighted by molar-refractivity contribution is -0.141. The van der Waals surface area contributed by atoms with Gasteiger partial charge in [-0.2, -0.15) is 0 Å². The highest BCUT2D eigenvalue weighted by Crippen LogP contribution is 2.41. The van der Waals surface area contributed by atoms with Gasteiger partial charge in [-0.05, 0) is 51.0 Å². The van der Waals surface area contributed by atoms with Crippen LogP contribution in [0.3, 0.4) is 0 Å². The van der Waals surface area contributed by atoms with Gasteiger partial charge in [0.2, 0.25) is 5.91 Å². The van der Waals surface area contributed by atoms with Crippen molar-refractivity contribution in [3.05, 3.63) is 34.3 Å². The van der Waals surface area contributed by atoms with Gasteiger partial charge in [0.15, 0.2) is 0 Å². The summed E-state index contributed by atoms with van der Waals surface area (Å²) in [7, 11) is 0. The quantitative estimate of drug-likeness (QED) is 0.786. The first-order valence-electron chi connectivity index (χ1n) is 8.22. The molecule has 2 unspecified atom stereocenters. The second kappa shape index (κ2) is 6.47. The minimum absolute atomic E-state index is 0.179. The average Bonchev–Trinajstić information content (AvgIpc) is 2.54. The lowest BCUT2D eigenvalue weighted by Crippen LogP contribution is -2.57. The zero-order valence-corrected chi connectivity index (χ0v) is 14.9. The highest BCUT2D eigenvalue weighted by atomic mass is 35.5. The van der Waals surface area contributed by atoms with E-state index < -0.39 is 5.41 Å². The molecular weight excluding hydrogens is 330 g/mol. The highest BCUT2D eigenvalue weighted by Gasteiger charge is 2.49. The number of rotatable bonds is 3. The van der Waals surface area contributed by atoms with Crippen molar-refractivity contribution in [2.45, 2.75) is 44.8 Å². The van der Waals surface area contributed by atoms with Crippen LogP contribution < -0.4 is 0 Å². The predicted molar refractivity (Wildman–Crippen MR) is 90.3 cm³/mol. The van der Waals surface area contributed by atoms with E-state index in [1.165, 1.54) is 4.90 Å². The molecule has 1 aromatic rings. The van der Waals surface area contributed by atoms with E-state index in [1.54, 1.807) is 18.2 Å². The Balaban J connectivity index is 2.07. The molecule has 0 aromatic heterocycles. The van der Waals surface area contributed by atoms with Crippen LogP contribution >= 0.6 is 11.6 Å². The van der Waals surface area contributed by atoms with Gasteiger partial charge in [0, 0.05) is 16.6 Å². The van der Waals surface area contributed by atoms with Gasteiger partial charge in [-0.15, -0.1) is 0 Å². The summed E-state index contributed by atoms with van der Waals surface area (Å²) in [6.07, 6.45) is 0.275. The normalized spacial score (nSPS) is 27.5. The maximum absolute atomic E-state index is 13.2. The Morgan fingerprint density at radius 1 is 1.33 bits per heavy atom. The maximum Gasteiger partial charge on any atom is 0.261 e. The summed E-state index contributed by atoms with van der Waals surface area (Å²) in [5.41, 5.74) is 0.340. The van der Waals surface area contributed by atoms with Gasteiger partial charge in [0.05, 0.1) is 31.3 Å². The molecular formula is C18H22ClNO4. The zero-order valence-electron chi connectivity index (χ0n) is 14.2. The Morgan fingerprint density at radius 2 is 2.08 bits per heavy atom. The summed E-state index contributed by atoms with van der Waals surface area (Å²) in [6.45, 7) is 7.09. The fourth-order valence-electron chi connectivity index (χ4n) is 3.54. The van der Waals surface area contributed by atoms with Crippen LogP contribution in [0.5, 0.6) is 0 Å². The number of halogens is 1. The SMILES string of the molecule is CC(C)N1C(=O)c2ccc(Cl)cc2C(C)(CC2COCCO2)C1=O. The molecule has 2 aliphatic heterocycles. The largest absolute Gasteiger partial charge is 0.376 e. The van der Waals surface area contributed by atoms with E-state index in [2.05, 4.69) is 0 Å². The van der Waals surface area contributed by atoms with Crippen LogP contribution in [0.1, 0.15) is 43.1 Å². The Labute approximate surface area is 146 Å². The first-order valence-corrected chi connectivity index (χ1v) is 8.60. The lowest BCUT2D eigenvalue weighted by atomic mass is 9.71. The first kappa shape index (κ1) is 17.4. The van der Waals surface area contributed by atoms with Crippen molar-refractivity contribution in [2.75, 3.05) is 19.8 Å². The summed E-state index contributed by atoms with van der Waals surface area (Å²) in [5, 5.41) is 0.513. The van der Waals surface area contributed by atoms with Gasteiger partial charge in [0.25, 0.3) is 5.91 Å². The van der Waals surface area contributed by atoms with Gasteiger partial charge < -0.3 is 9.47 Å². The third kappa shape index (κ3) is 2.85. The standard InChI is InChI=1S/C18H22ClNO4/c1-11(2)20-16(21)14-5-4-12(19)8-15(14)18(3,17(20)22)9-13-10-23-6-7-24-13/h4-5,8,11,13H,6-7,9-10H2,1-3H3. The van der Waals surface area contributed by atoms with Crippen molar-refractivity contribution in [3.63, 3.8) is 0 Å². The smallest absolute Gasteiger partial charge is 0.261 e. The molecule has 6 heteroatoms. The van der Waals surface area contributed by atoms with Crippen molar-refractivity contribution in [1.29, 1.82) is 0 Å². The summed E-state index contributed by atoms with van der Waals surface area (Å²) >= 11 is 6.15. The first-order chi connectivity index (χ1) is 11.3. The number of benzene rings is 1. The molecule has 0 aliphatic carbocycles. The monoisotopic (exact) mass is 351 g/mol. The molecule has 130 valence electrons. The second-order valence-electron chi connectivity index (χ2n) is 6.87. The summed E-state index contributed by atoms with van der Waals surface area (Å²) in [5.74, 6) is -0.466. The van der Waals surface area contributed by atoms with Crippen LogP contribution in [0.25, 0.3) is 0 Å². The fraction of sp³-hybridized carbons (Fsp3) is 0.556. The van der Waals surface area contributed by atoms with E-state index >= 15 is 0 Å². The number of imide groups is 1. The molecule has 0 N–H and O–H groups in total. The molecule has 2 heterocycles. The minimum atomic E-state index is -0.871. The Hall–Kier alpha value is -1.43. The van der Waals surface area contributed by atoms with Gasteiger partial charge in [0.1, 0.15) is 0 Å². The number of hydrogen-bond acceptors (Lipinski definition) is 4. The van der Waals surface area contributed by atoms with Crippen LogP contribution in [-0.4, -0.2) is 48.7 Å². The highest BCUT2D eigenvalue weighted by molar-refractivity contribution is 6.31. The van der Waals surface area contributed by atoms with E-state index in [0.717, 1.165) is 0 Å². The van der Waals surface area contributed by atoms with Gasteiger partial charge in [-0.3, -0.25) is 14.5 Å². The van der Waals surface area contributed by atoms with E-state index in [9.17, 15) is 9.59 Å². The number of fused-ring (bicyclic) bond motifs is 1. The van der Waals surface area contributed by atoms with Crippen molar-refractivity contribution in [3.8, 4) is 0 Å². The number of amides is 2. The van der Waals surface area contributed by atoms with E-state index in [-0.39, 0.29) is 24.0 Å². The van der Waals surface area contributed by atoms with Crippen LogP contribution in [0, 0.1) is 0 Å². The Bertz CT molecular complexity index is 669. The van der Waals surface area contributed by atoms with Gasteiger partial charge >= 0.3 is 0 Å². The van der Waals surface area contributed by atoms with E-state index in [0.29, 0.717) is 42.4 Å².